The van der Waals surface area contributed by atoms with Crippen molar-refractivity contribution in [3.63, 3.8) is 0 Å². The van der Waals surface area contributed by atoms with Gasteiger partial charge in [0.2, 0.25) is 5.82 Å². The van der Waals surface area contributed by atoms with Crippen LogP contribution in [0.5, 0.6) is 0 Å². The van der Waals surface area contributed by atoms with Gasteiger partial charge >= 0.3 is 0 Å². The number of carbonyl (C=O) groups is 1. The van der Waals surface area contributed by atoms with E-state index < -0.39 is 0 Å². The molecule has 0 spiro atoms. The highest BCUT2D eigenvalue weighted by atomic mass is 16.5. The number of hydrogen-bond donors (Lipinski definition) is 1. The molecule has 0 bridgehead atoms. The van der Waals surface area contributed by atoms with Crippen molar-refractivity contribution in [2.24, 2.45) is 5.92 Å². The third-order valence-corrected chi connectivity index (χ3v) is 3.49. The fourth-order valence-electron chi connectivity index (χ4n) is 2.34. The topological polar surface area (TPSA) is 92.9 Å². The maximum absolute atomic E-state index is 12.6. The van der Waals surface area contributed by atoms with E-state index in [4.69, 9.17) is 4.74 Å². The number of nitrogens with zero attached hydrogens (tertiary/aromatic N) is 5. The molecule has 2 aromatic rings. The average Bonchev–Trinajstić information content (AvgIpc) is 2.75. The zero-order valence-electron chi connectivity index (χ0n) is 11.8. The van der Waals surface area contributed by atoms with Gasteiger partial charge < -0.3 is 14.7 Å². The van der Waals surface area contributed by atoms with Crippen molar-refractivity contribution in [3.8, 4) is 0 Å². The summed E-state index contributed by atoms with van der Waals surface area (Å²) in [5.41, 5.74) is 0.817. The number of carbonyl (C=O) groups excluding carboxylic acids is 1. The molecule has 21 heavy (non-hydrogen) atoms. The summed E-state index contributed by atoms with van der Waals surface area (Å²) in [5.74, 6) is 0.340. The maximum Gasteiger partial charge on any atom is 0.292 e. The first-order chi connectivity index (χ1) is 10.2. The van der Waals surface area contributed by atoms with Crippen LogP contribution < -0.4 is 0 Å². The van der Waals surface area contributed by atoms with Gasteiger partial charge in [-0.3, -0.25) is 9.20 Å². The highest BCUT2D eigenvalue weighted by Crippen LogP contribution is 2.11. The second-order valence-electron chi connectivity index (χ2n) is 5.14. The number of aryl methyl sites for hydroxylation is 1. The lowest BCUT2D eigenvalue weighted by Gasteiger charge is -2.21. The Bertz CT molecular complexity index is 656. The van der Waals surface area contributed by atoms with Crippen LogP contribution in [0.15, 0.2) is 12.3 Å². The summed E-state index contributed by atoms with van der Waals surface area (Å²) in [6, 6.07) is 1.80. The van der Waals surface area contributed by atoms with Gasteiger partial charge in [-0.15, -0.1) is 10.2 Å². The highest BCUT2D eigenvalue weighted by Gasteiger charge is 2.26. The monoisotopic (exact) mass is 291 g/mol. The van der Waals surface area contributed by atoms with Crippen molar-refractivity contribution >= 4 is 11.7 Å². The van der Waals surface area contributed by atoms with E-state index in [1.165, 1.54) is 0 Å². The smallest absolute Gasteiger partial charge is 0.292 e. The Hall–Kier alpha value is -2.06. The van der Waals surface area contributed by atoms with Crippen LogP contribution in [0.2, 0.25) is 0 Å². The highest BCUT2D eigenvalue weighted by molar-refractivity contribution is 5.91. The molecule has 1 amide bonds. The van der Waals surface area contributed by atoms with E-state index in [-0.39, 0.29) is 24.3 Å². The molecular weight excluding hydrogens is 274 g/mol. The Morgan fingerprint density at radius 1 is 1.52 bits per heavy atom. The first kappa shape index (κ1) is 13.9. The molecule has 3 rings (SSSR count). The fraction of sp³-hybridized carbons (Fsp3) is 0.538. The van der Waals surface area contributed by atoms with Gasteiger partial charge in [0, 0.05) is 37.5 Å². The molecule has 1 atom stereocenters. The molecule has 0 unspecified atom stereocenters. The van der Waals surface area contributed by atoms with Crippen LogP contribution in [-0.2, 0) is 4.74 Å². The predicted octanol–water partition coefficient (Wildman–Crippen LogP) is -0.486. The zero-order chi connectivity index (χ0) is 14.8. The van der Waals surface area contributed by atoms with Gasteiger partial charge in [0.15, 0.2) is 0 Å². The molecule has 0 radical (unpaired) electrons. The molecule has 0 saturated carbocycles. The Balaban J connectivity index is 1.89. The van der Waals surface area contributed by atoms with E-state index in [1.807, 2.05) is 6.92 Å². The van der Waals surface area contributed by atoms with E-state index in [0.717, 1.165) is 5.69 Å². The quantitative estimate of drug-likeness (QED) is 0.803. The lowest BCUT2D eigenvalue weighted by atomic mass is 10.1. The van der Waals surface area contributed by atoms with Gasteiger partial charge in [-0.05, 0) is 13.0 Å². The first-order valence-electron chi connectivity index (χ1n) is 6.85. The van der Waals surface area contributed by atoms with Crippen LogP contribution in [0.1, 0.15) is 16.3 Å². The van der Waals surface area contributed by atoms with Crippen molar-refractivity contribution in [1.29, 1.82) is 0 Å². The van der Waals surface area contributed by atoms with E-state index in [2.05, 4.69) is 15.2 Å². The molecule has 8 nitrogen and oxygen atoms in total. The van der Waals surface area contributed by atoms with Gasteiger partial charge in [0.1, 0.15) is 0 Å². The molecule has 1 aliphatic rings. The molecule has 8 heteroatoms. The summed E-state index contributed by atoms with van der Waals surface area (Å²) >= 11 is 0. The van der Waals surface area contributed by atoms with Crippen LogP contribution in [0, 0.1) is 12.8 Å². The number of aliphatic hydroxyl groups is 1. The van der Waals surface area contributed by atoms with E-state index in [1.54, 1.807) is 21.6 Å². The molecule has 0 aliphatic carbocycles. The van der Waals surface area contributed by atoms with Gasteiger partial charge in [0.05, 0.1) is 13.2 Å². The standard InChI is InChI=1S/C13H17N5O3/c1-9-2-3-18-11(15-16-13(18)14-9)12(20)17-4-5-21-8-10(6-17)7-19/h2-3,10,19H,4-8H2,1H3/t10-/m0/s1. The average molecular weight is 291 g/mol. The fourth-order valence-corrected chi connectivity index (χ4v) is 2.34. The minimum absolute atomic E-state index is 0.00882. The van der Waals surface area contributed by atoms with Gasteiger partial charge in [0.25, 0.3) is 11.7 Å². The lowest BCUT2D eigenvalue weighted by Crippen LogP contribution is -2.37. The molecule has 1 saturated heterocycles. The molecule has 0 aromatic carbocycles. The second kappa shape index (κ2) is 5.74. The molecular formula is C13H17N5O3. The van der Waals surface area contributed by atoms with Gasteiger partial charge in [-0.25, -0.2) is 4.98 Å². The molecule has 3 heterocycles. The molecule has 2 aromatic heterocycles. The van der Waals surface area contributed by atoms with Crippen LogP contribution >= 0.6 is 0 Å². The lowest BCUT2D eigenvalue weighted by molar-refractivity contribution is 0.0714. The molecule has 1 aliphatic heterocycles. The molecule has 112 valence electrons. The Labute approximate surface area is 121 Å². The molecule has 1 fully saturated rings. The van der Waals surface area contributed by atoms with E-state index in [9.17, 15) is 9.90 Å². The SMILES string of the molecule is Cc1ccn2c(C(=O)N3CCOC[C@H](CO)C3)nnc2n1. The number of aliphatic hydroxyl groups excluding tert-OH is 1. The summed E-state index contributed by atoms with van der Waals surface area (Å²) in [6.07, 6.45) is 1.74. The third kappa shape index (κ3) is 2.72. The Morgan fingerprint density at radius 3 is 3.19 bits per heavy atom. The molecule has 1 N–H and O–H groups in total. The van der Waals surface area contributed by atoms with Gasteiger partial charge in [-0.1, -0.05) is 0 Å². The van der Waals surface area contributed by atoms with E-state index >= 15 is 0 Å². The largest absolute Gasteiger partial charge is 0.396 e. The number of hydrogen-bond acceptors (Lipinski definition) is 6. The van der Waals surface area contributed by atoms with Crippen molar-refractivity contribution < 1.29 is 14.6 Å². The summed E-state index contributed by atoms with van der Waals surface area (Å²) in [5, 5.41) is 17.2. The van der Waals surface area contributed by atoms with Gasteiger partial charge in [-0.2, -0.15) is 0 Å². The van der Waals surface area contributed by atoms with Crippen molar-refractivity contribution in [2.45, 2.75) is 6.92 Å². The van der Waals surface area contributed by atoms with Crippen LogP contribution in [-0.4, -0.2) is 68.4 Å². The number of aromatic nitrogens is 4. The van der Waals surface area contributed by atoms with Crippen molar-refractivity contribution in [3.05, 3.63) is 23.8 Å². The Kier molecular flexibility index (Phi) is 3.80. The summed E-state index contributed by atoms with van der Waals surface area (Å²) in [4.78, 5) is 18.5. The number of rotatable bonds is 2. The normalized spacial score (nSPS) is 19.7. The zero-order valence-corrected chi connectivity index (χ0v) is 11.8. The summed E-state index contributed by atoms with van der Waals surface area (Å²) < 4.78 is 6.97. The number of fused-ring (bicyclic) bond motifs is 1. The number of ether oxygens (including phenoxy) is 1. The third-order valence-electron chi connectivity index (χ3n) is 3.49. The predicted molar refractivity (Wildman–Crippen MR) is 72.8 cm³/mol. The van der Waals surface area contributed by atoms with Crippen molar-refractivity contribution in [1.82, 2.24) is 24.5 Å². The second-order valence-corrected chi connectivity index (χ2v) is 5.14. The van der Waals surface area contributed by atoms with Crippen LogP contribution in [0.25, 0.3) is 5.78 Å². The summed E-state index contributed by atoms with van der Waals surface area (Å²) in [6.45, 7) is 3.68. The minimum Gasteiger partial charge on any atom is -0.396 e. The first-order valence-corrected chi connectivity index (χ1v) is 6.85. The number of amides is 1. The Morgan fingerprint density at radius 2 is 2.38 bits per heavy atom. The van der Waals surface area contributed by atoms with Crippen molar-refractivity contribution in [2.75, 3.05) is 32.9 Å². The van der Waals surface area contributed by atoms with Crippen LogP contribution in [0.4, 0.5) is 0 Å². The van der Waals surface area contributed by atoms with E-state index in [0.29, 0.717) is 32.1 Å². The minimum atomic E-state index is -0.225. The maximum atomic E-state index is 12.6. The van der Waals surface area contributed by atoms with Crippen LogP contribution in [0.3, 0.4) is 0 Å². The summed E-state index contributed by atoms with van der Waals surface area (Å²) in [7, 11) is 0.